The van der Waals surface area contributed by atoms with Gasteiger partial charge in [0.2, 0.25) is 5.43 Å². The van der Waals surface area contributed by atoms with Crippen LogP contribution in [0, 0.1) is 5.82 Å². The average Bonchev–Trinajstić information content (AvgIpc) is 1.77. The summed E-state index contributed by atoms with van der Waals surface area (Å²) in [4.78, 5) is 12.7. The minimum Gasteiger partial charge on any atom is -0.365 e. The van der Waals surface area contributed by atoms with Crippen molar-refractivity contribution in [1.82, 2.24) is 4.98 Å². The molecule has 0 spiro atoms. The Bertz CT molecular complexity index is 230. The average molecular weight is 113 g/mol. The molecule has 0 aliphatic carbocycles. The maximum Gasteiger partial charge on any atom is 0.217 e. The van der Waals surface area contributed by atoms with Crippen molar-refractivity contribution < 1.29 is 4.39 Å². The molecule has 0 aliphatic heterocycles. The molecular weight excluding hydrogens is 109 g/mol. The van der Waals surface area contributed by atoms with E-state index in [1.54, 1.807) is 0 Å². The number of aromatic amines is 1. The number of nitrogens with one attached hydrogen (secondary N) is 1. The lowest BCUT2D eigenvalue weighted by molar-refractivity contribution is 0.611. The van der Waals surface area contributed by atoms with Crippen molar-refractivity contribution in [3.63, 3.8) is 0 Å². The van der Waals surface area contributed by atoms with Crippen LogP contribution in [-0.2, 0) is 0 Å². The molecule has 1 heterocycles. The molecule has 0 atom stereocenters. The molecule has 42 valence electrons. The Kier molecular flexibility index (Phi) is 1.12. The number of rotatable bonds is 0. The van der Waals surface area contributed by atoms with Crippen molar-refractivity contribution in [1.29, 1.82) is 0 Å². The predicted molar refractivity (Wildman–Crippen MR) is 27.0 cm³/mol. The first-order valence-electron chi connectivity index (χ1n) is 2.13. The summed E-state index contributed by atoms with van der Waals surface area (Å²) in [5, 5.41) is 0. The molecule has 0 fully saturated rings. The number of aromatic nitrogens is 1. The quantitative estimate of drug-likeness (QED) is 0.522. The standard InChI is InChI=1S/C5H4FNO/c6-4-3-7-2-1-5(4)8/h1-3H,(H,7,8). The molecule has 2 nitrogen and oxygen atoms in total. The third kappa shape index (κ3) is 0.753. The molecule has 0 saturated heterocycles. The minimum atomic E-state index is -0.743. The number of hydrogen-bond donors (Lipinski definition) is 1. The fourth-order valence-corrected chi connectivity index (χ4v) is 0.396. The molecule has 0 amide bonds. The molecule has 0 unspecified atom stereocenters. The molecule has 1 rings (SSSR count). The van der Waals surface area contributed by atoms with Crippen LogP contribution >= 0.6 is 0 Å². The number of H-pyrrole nitrogens is 1. The van der Waals surface area contributed by atoms with Crippen LogP contribution in [-0.4, -0.2) is 4.98 Å². The maximum atomic E-state index is 12.0. The highest BCUT2D eigenvalue weighted by Gasteiger charge is 1.89. The highest BCUT2D eigenvalue weighted by atomic mass is 19.1. The fraction of sp³-hybridized carbons (Fsp3) is 0. The molecule has 1 aromatic rings. The van der Waals surface area contributed by atoms with Crippen molar-refractivity contribution in [3.05, 3.63) is 34.5 Å². The number of hydrogen-bond acceptors (Lipinski definition) is 1. The summed E-state index contributed by atoms with van der Waals surface area (Å²) in [6.45, 7) is 0. The van der Waals surface area contributed by atoms with Crippen LogP contribution in [0.3, 0.4) is 0 Å². The second kappa shape index (κ2) is 1.78. The number of halogens is 1. The molecule has 0 bridgehead atoms. The third-order valence-corrected chi connectivity index (χ3v) is 0.776. The van der Waals surface area contributed by atoms with Gasteiger partial charge in [-0.2, -0.15) is 0 Å². The molecule has 1 N–H and O–H groups in total. The molecule has 8 heavy (non-hydrogen) atoms. The van der Waals surface area contributed by atoms with Crippen LogP contribution in [0.15, 0.2) is 23.3 Å². The lowest BCUT2D eigenvalue weighted by Crippen LogP contribution is -2.02. The monoisotopic (exact) mass is 113 g/mol. The van der Waals surface area contributed by atoms with Crippen molar-refractivity contribution in [3.8, 4) is 0 Å². The first-order valence-corrected chi connectivity index (χ1v) is 2.13. The molecule has 3 heteroatoms. The molecule has 1 aromatic heterocycles. The van der Waals surface area contributed by atoms with Gasteiger partial charge < -0.3 is 4.98 Å². The number of pyridine rings is 1. The second-order valence-corrected chi connectivity index (χ2v) is 1.36. The van der Waals surface area contributed by atoms with Gasteiger partial charge in [0, 0.05) is 18.5 Å². The first-order chi connectivity index (χ1) is 3.80. The van der Waals surface area contributed by atoms with E-state index in [1.165, 1.54) is 6.20 Å². The second-order valence-electron chi connectivity index (χ2n) is 1.36. The zero-order chi connectivity index (χ0) is 5.98. The zero-order valence-corrected chi connectivity index (χ0v) is 4.02. The Morgan fingerprint density at radius 2 is 2.38 bits per heavy atom. The summed E-state index contributed by atoms with van der Waals surface area (Å²) in [6.07, 6.45) is 2.40. The van der Waals surface area contributed by atoms with Crippen LogP contribution < -0.4 is 5.43 Å². The van der Waals surface area contributed by atoms with Crippen molar-refractivity contribution in [2.75, 3.05) is 0 Å². The predicted octanol–water partition coefficient (Wildman–Crippen LogP) is 0.514. The van der Waals surface area contributed by atoms with Crippen LogP contribution in [0.2, 0.25) is 0 Å². The fourth-order valence-electron chi connectivity index (χ4n) is 0.396. The topological polar surface area (TPSA) is 32.9 Å². The van der Waals surface area contributed by atoms with Gasteiger partial charge in [-0.15, -0.1) is 0 Å². The molecule has 0 aromatic carbocycles. The summed E-state index contributed by atoms with van der Waals surface area (Å²) in [5.74, 6) is -0.743. The summed E-state index contributed by atoms with van der Waals surface area (Å²) in [6, 6.07) is 1.13. The normalized spacial score (nSPS) is 9.12. The van der Waals surface area contributed by atoms with E-state index in [4.69, 9.17) is 0 Å². The van der Waals surface area contributed by atoms with E-state index >= 15 is 0 Å². The molecule has 0 saturated carbocycles. The van der Waals surface area contributed by atoms with Gasteiger partial charge in [-0.1, -0.05) is 0 Å². The summed E-state index contributed by atoms with van der Waals surface area (Å²) in [5.41, 5.74) is -0.580. The Labute approximate surface area is 45.0 Å². The summed E-state index contributed by atoms with van der Waals surface area (Å²) >= 11 is 0. The Hall–Kier alpha value is -1.12. The van der Waals surface area contributed by atoms with Crippen molar-refractivity contribution in [2.24, 2.45) is 0 Å². The highest BCUT2D eigenvalue weighted by molar-refractivity contribution is 4.93. The van der Waals surface area contributed by atoms with Crippen LogP contribution in [0.25, 0.3) is 0 Å². The largest absolute Gasteiger partial charge is 0.365 e. The Morgan fingerprint density at radius 1 is 1.62 bits per heavy atom. The van der Waals surface area contributed by atoms with Gasteiger partial charge in [0.05, 0.1) is 0 Å². The van der Waals surface area contributed by atoms with Gasteiger partial charge >= 0.3 is 0 Å². The molecular formula is C5H4FNO. The van der Waals surface area contributed by atoms with E-state index in [0.717, 1.165) is 12.3 Å². The van der Waals surface area contributed by atoms with Gasteiger partial charge in [0.15, 0.2) is 5.82 Å². The SMILES string of the molecule is O=c1cc[nH]cc1F. The Morgan fingerprint density at radius 3 is 2.75 bits per heavy atom. The van der Waals surface area contributed by atoms with E-state index < -0.39 is 11.2 Å². The molecule has 0 radical (unpaired) electrons. The minimum absolute atomic E-state index is 0.580. The van der Waals surface area contributed by atoms with Gasteiger partial charge in [-0.05, 0) is 0 Å². The van der Waals surface area contributed by atoms with Crippen LogP contribution in [0.4, 0.5) is 4.39 Å². The van der Waals surface area contributed by atoms with Crippen LogP contribution in [0.1, 0.15) is 0 Å². The van der Waals surface area contributed by atoms with Crippen molar-refractivity contribution >= 4 is 0 Å². The lowest BCUT2D eigenvalue weighted by atomic mass is 10.5. The molecule has 0 aliphatic rings. The van der Waals surface area contributed by atoms with E-state index in [-0.39, 0.29) is 0 Å². The van der Waals surface area contributed by atoms with Crippen molar-refractivity contribution in [2.45, 2.75) is 0 Å². The maximum absolute atomic E-state index is 12.0. The highest BCUT2D eigenvalue weighted by Crippen LogP contribution is 1.79. The summed E-state index contributed by atoms with van der Waals surface area (Å²) in [7, 11) is 0. The zero-order valence-electron chi connectivity index (χ0n) is 4.02. The van der Waals surface area contributed by atoms with E-state index in [2.05, 4.69) is 4.98 Å². The lowest BCUT2D eigenvalue weighted by Gasteiger charge is -1.80. The first kappa shape index (κ1) is 5.03. The smallest absolute Gasteiger partial charge is 0.217 e. The summed E-state index contributed by atoms with van der Waals surface area (Å²) < 4.78 is 12.0. The van der Waals surface area contributed by atoms with Gasteiger partial charge in [0.25, 0.3) is 0 Å². The van der Waals surface area contributed by atoms with Crippen LogP contribution in [0.5, 0.6) is 0 Å². The Balaban J connectivity index is 3.35. The van der Waals surface area contributed by atoms with E-state index in [0.29, 0.717) is 0 Å². The van der Waals surface area contributed by atoms with E-state index in [1.807, 2.05) is 0 Å². The van der Waals surface area contributed by atoms with Gasteiger partial charge in [-0.25, -0.2) is 4.39 Å². The van der Waals surface area contributed by atoms with Gasteiger partial charge in [-0.3, -0.25) is 4.79 Å². The van der Waals surface area contributed by atoms with Gasteiger partial charge in [0.1, 0.15) is 0 Å². The third-order valence-electron chi connectivity index (χ3n) is 0.776. The van der Waals surface area contributed by atoms with E-state index in [9.17, 15) is 9.18 Å².